The van der Waals surface area contributed by atoms with Gasteiger partial charge >= 0.3 is 6.09 Å². The highest BCUT2D eigenvalue weighted by Gasteiger charge is 2.43. The van der Waals surface area contributed by atoms with Crippen LogP contribution in [0.5, 0.6) is 0 Å². The predicted octanol–water partition coefficient (Wildman–Crippen LogP) is 4.08. The summed E-state index contributed by atoms with van der Waals surface area (Å²) in [6.45, 7) is 8.11. The third kappa shape index (κ3) is 3.82. The van der Waals surface area contributed by atoms with Gasteiger partial charge in [-0.3, -0.25) is 4.79 Å². The highest BCUT2D eigenvalue weighted by Crippen LogP contribution is 2.44. The molecule has 1 aromatic carbocycles. The van der Waals surface area contributed by atoms with Crippen molar-refractivity contribution in [3.05, 3.63) is 41.7 Å². The van der Waals surface area contributed by atoms with E-state index in [1.807, 2.05) is 30.3 Å². The van der Waals surface area contributed by atoms with Gasteiger partial charge in [0, 0.05) is 24.7 Å². The van der Waals surface area contributed by atoms with Crippen LogP contribution in [0.2, 0.25) is 0 Å². The summed E-state index contributed by atoms with van der Waals surface area (Å²) in [6.07, 6.45) is 2.84. The largest absolute Gasteiger partial charge is 0.453 e. The predicted molar refractivity (Wildman–Crippen MR) is 119 cm³/mol. The first kappa shape index (κ1) is 21.4. The summed E-state index contributed by atoms with van der Waals surface area (Å²) in [6, 6.07) is 10.00. The Morgan fingerprint density at radius 3 is 2.58 bits per heavy atom. The average Bonchev–Trinajstić information content (AvgIpc) is 3.30. The van der Waals surface area contributed by atoms with Crippen LogP contribution in [0, 0.1) is 11.3 Å². The zero-order valence-corrected chi connectivity index (χ0v) is 18.9. The second kappa shape index (κ2) is 8.36. The monoisotopic (exact) mass is 424 g/mol. The van der Waals surface area contributed by atoms with Crippen molar-refractivity contribution in [3.63, 3.8) is 0 Å². The van der Waals surface area contributed by atoms with Crippen molar-refractivity contribution in [2.45, 2.75) is 59.2 Å². The second-order valence-corrected chi connectivity index (χ2v) is 9.17. The number of methoxy groups -OCH3 is 1. The molecule has 1 aliphatic carbocycles. The molecule has 2 aliphatic rings. The van der Waals surface area contributed by atoms with Crippen LogP contribution < -0.4 is 5.32 Å². The van der Waals surface area contributed by atoms with Crippen molar-refractivity contribution >= 4 is 12.0 Å². The number of ether oxygens (including phenoxy) is 1. The molecule has 0 saturated heterocycles. The summed E-state index contributed by atoms with van der Waals surface area (Å²) in [5, 5.41) is 3.27. The van der Waals surface area contributed by atoms with Gasteiger partial charge in [0.1, 0.15) is 5.82 Å². The number of nitrogens with one attached hydrogen (secondary N) is 1. The van der Waals surface area contributed by atoms with Gasteiger partial charge in [-0.1, -0.05) is 57.5 Å². The van der Waals surface area contributed by atoms with Gasteiger partial charge in [0.05, 0.1) is 19.3 Å². The van der Waals surface area contributed by atoms with E-state index in [2.05, 4.69) is 30.7 Å². The summed E-state index contributed by atoms with van der Waals surface area (Å²) in [4.78, 5) is 32.0. The van der Waals surface area contributed by atoms with Crippen molar-refractivity contribution in [1.29, 1.82) is 0 Å². The molecular weight excluding hydrogens is 392 g/mol. The number of carbonyl (C=O) groups is 2. The van der Waals surface area contributed by atoms with Gasteiger partial charge in [0.2, 0.25) is 0 Å². The lowest BCUT2D eigenvalue weighted by Crippen LogP contribution is -2.44. The van der Waals surface area contributed by atoms with E-state index in [1.165, 1.54) is 7.11 Å². The number of benzene rings is 1. The van der Waals surface area contributed by atoms with E-state index < -0.39 is 0 Å². The first-order valence-corrected chi connectivity index (χ1v) is 11.1. The van der Waals surface area contributed by atoms with E-state index in [-0.39, 0.29) is 23.5 Å². The van der Waals surface area contributed by atoms with Crippen molar-refractivity contribution in [2.24, 2.45) is 11.3 Å². The van der Waals surface area contributed by atoms with Crippen LogP contribution in [-0.4, -0.2) is 46.1 Å². The normalized spacial score (nSPS) is 22.1. The number of fused-ring (bicyclic) bond motifs is 1. The van der Waals surface area contributed by atoms with Gasteiger partial charge in [0.25, 0.3) is 5.91 Å². The molecule has 31 heavy (non-hydrogen) atoms. The molecule has 1 saturated carbocycles. The number of nitrogens with zero attached hydrogens (tertiary/aromatic N) is 3. The molecule has 166 valence electrons. The maximum atomic E-state index is 13.4. The summed E-state index contributed by atoms with van der Waals surface area (Å²) in [7, 11) is 1.38. The molecule has 0 radical (unpaired) electrons. The van der Waals surface area contributed by atoms with Crippen LogP contribution in [0.15, 0.2) is 30.3 Å². The summed E-state index contributed by atoms with van der Waals surface area (Å²) in [5.74, 6) is 1.21. The molecule has 7 heteroatoms. The molecule has 2 atom stereocenters. The quantitative estimate of drug-likeness (QED) is 0.802. The van der Waals surface area contributed by atoms with Crippen molar-refractivity contribution in [2.75, 3.05) is 13.7 Å². The van der Waals surface area contributed by atoms with E-state index in [4.69, 9.17) is 9.72 Å². The molecule has 2 heterocycles. The minimum absolute atomic E-state index is 0.0461. The molecule has 7 nitrogen and oxygen atoms in total. The van der Waals surface area contributed by atoms with Crippen LogP contribution >= 0.6 is 0 Å². The summed E-state index contributed by atoms with van der Waals surface area (Å²) >= 11 is 0. The van der Waals surface area contributed by atoms with E-state index in [0.717, 1.165) is 36.3 Å². The van der Waals surface area contributed by atoms with Gasteiger partial charge in [0.15, 0.2) is 5.69 Å². The number of amides is 2. The average molecular weight is 425 g/mol. The minimum Gasteiger partial charge on any atom is -0.453 e. The number of hydrogen-bond acceptors (Lipinski definition) is 4. The number of hydrogen-bond donors (Lipinski definition) is 1. The SMILES string of the molecule is CCC1CCC(NC(=O)c2nc(-c3ccccc3)n3c2CN(C(=O)OC)CC3)C1(C)C. The molecular formula is C24H32N4O3. The number of imidazole rings is 1. The van der Waals surface area contributed by atoms with Crippen molar-refractivity contribution in [1.82, 2.24) is 19.8 Å². The molecule has 0 spiro atoms. The number of rotatable bonds is 4. The van der Waals surface area contributed by atoms with Crippen LogP contribution in [0.1, 0.15) is 56.2 Å². The Kier molecular flexibility index (Phi) is 5.77. The van der Waals surface area contributed by atoms with E-state index >= 15 is 0 Å². The van der Waals surface area contributed by atoms with E-state index in [1.54, 1.807) is 4.90 Å². The van der Waals surface area contributed by atoms with Gasteiger partial charge in [-0.05, 0) is 24.2 Å². The molecule has 1 fully saturated rings. The van der Waals surface area contributed by atoms with Gasteiger partial charge in [-0.25, -0.2) is 9.78 Å². The number of carbonyl (C=O) groups excluding carboxylic acids is 2. The molecule has 0 bridgehead atoms. The molecule has 1 aliphatic heterocycles. The van der Waals surface area contributed by atoms with Crippen molar-refractivity contribution in [3.8, 4) is 11.4 Å². The lowest BCUT2D eigenvalue weighted by atomic mass is 9.78. The lowest BCUT2D eigenvalue weighted by molar-refractivity contribution is 0.0880. The zero-order valence-electron chi connectivity index (χ0n) is 18.9. The fraction of sp³-hybridized carbons (Fsp3) is 0.542. The number of aromatic nitrogens is 2. The summed E-state index contributed by atoms with van der Waals surface area (Å²) in [5.41, 5.74) is 2.17. The highest BCUT2D eigenvalue weighted by atomic mass is 16.5. The molecule has 2 aromatic rings. The smallest absolute Gasteiger partial charge is 0.409 e. The Balaban J connectivity index is 1.68. The zero-order chi connectivity index (χ0) is 22.2. The highest BCUT2D eigenvalue weighted by molar-refractivity contribution is 5.94. The maximum absolute atomic E-state index is 13.4. The molecule has 4 rings (SSSR count). The molecule has 2 unspecified atom stereocenters. The second-order valence-electron chi connectivity index (χ2n) is 9.17. The third-order valence-corrected chi connectivity index (χ3v) is 7.24. The van der Waals surface area contributed by atoms with Crippen LogP contribution in [0.25, 0.3) is 11.4 Å². The maximum Gasteiger partial charge on any atom is 0.409 e. The Hall–Kier alpha value is -2.83. The van der Waals surface area contributed by atoms with E-state index in [9.17, 15) is 9.59 Å². The minimum atomic E-state index is -0.386. The standard InChI is InChI=1S/C24H32N4O3/c1-5-17-11-12-19(24(17,2)3)25-22(29)20-18-15-27(23(30)31-4)13-14-28(18)21(26-20)16-9-7-6-8-10-16/h6-10,17,19H,5,11-15H2,1-4H3,(H,25,29). The Morgan fingerprint density at radius 1 is 1.19 bits per heavy atom. The Labute approximate surface area is 183 Å². The Bertz CT molecular complexity index is 967. The summed E-state index contributed by atoms with van der Waals surface area (Å²) < 4.78 is 6.98. The van der Waals surface area contributed by atoms with Crippen LogP contribution in [0.3, 0.4) is 0 Å². The topological polar surface area (TPSA) is 76.5 Å². The third-order valence-electron chi connectivity index (χ3n) is 7.24. The Morgan fingerprint density at radius 2 is 1.94 bits per heavy atom. The fourth-order valence-electron chi connectivity index (χ4n) is 5.25. The molecule has 1 N–H and O–H groups in total. The molecule has 1 aromatic heterocycles. The van der Waals surface area contributed by atoms with E-state index in [0.29, 0.717) is 31.2 Å². The van der Waals surface area contributed by atoms with Gasteiger partial charge < -0.3 is 19.5 Å². The van der Waals surface area contributed by atoms with Gasteiger partial charge in [-0.2, -0.15) is 0 Å². The van der Waals surface area contributed by atoms with Crippen LogP contribution in [-0.2, 0) is 17.8 Å². The lowest BCUT2D eigenvalue weighted by Gasteiger charge is -2.33. The van der Waals surface area contributed by atoms with Gasteiger partial charge in [-0.15, -0.1) is 0 Å². The fourth-order valence-corrected chi connectivity index (χ4v) is 5.25. The molecule has 2 amide bonds. The van der Waals surface area contributed by atoms with Crippen LogP contribution in [0.4, 0.5) is 4.79 Å². The first-order valence-electron chi connectivity index (χ1n) is 11.1. The van der Waals surface area contributed by atoms with Crippen molar-refractivity contribution < 1.29 is 14.3 Å². The first-order chi connectivity index (χ1) is 14.9.